The van der Waals surface area contributed by atoms with Crippen LogP contribution in [0.25, 0.3) is 0 Å². The Bertz CT molecular complexity index is 459. The third kappa shape index (κ3) is 5.37. The second kappa shape index (κ2) is 9.57. The van der Waals surface area contributed by atoms with E-state index in [4.69, 9.17) is 17.3 Å². The maximum Gasteiger partial charge on any atom is 0.223 e. The molecule has 21 heavy (non-hydrogen) atoms. The Hall–Kier alpha value is -0.420. The number of nitrogens with zero attached hydrogens (tertiary/aromatic N) is 1. The SMILES string of the molecule is Cl.NCC1CCCCN1C(=O)CCSc1ccccc1Cl. The number of amides is 1. The van der Waals surface area contributed by atoms with Crippen LogP contribution in [0.5, 0.6) is 0 Å². The fraction of sp³-hybridized carbons (Fsp3) is 0.533. The van der Waals surface area contributed by atoms with Crippen LogP contribution in [0.4, 0.5) is 0 Å². The number of rotatable bonds is 5. The van der Waals surface area contributed by atoms with Gasteiger partial charge in [0.25, 0.3) is 0 Å². The Morgan fingerprint density at radius 2 is 2.14 bits per heavy atom. The maximum atomic E-state index is 12.3. The lowest BCUT2D eigenvalue weighted by Gasteiger charge is -2.35. The molecule has 3 nitrogen and oxygen atoms in total. The Kier molecular flexibility index (Phi) is 8.49. The Balaban J connectivity index is 0.00000220. The van der Waals surface area contributed by atoms with Crippen molar-refractivity contribution < 1.29 is 4.79 Å². The minimum atomic E-state index is 0. The highest BCUT2D eigenvalue weighted by Crippen LogP contribution is 2.27. The molecule has 0 spiro atoms. The average Bonchev–Trinajstić information content (AvgIpc) is 2.49. The largest absolute Gasteiger partial charge is 0.338 e. The van der Waals surface area contributed by atoms with E-state index in [0.717, 1.165) is 35.1 Å². The number of hydrogen-bond donors (Lipinski definition) is 1. The number of benzene rings is 1. The summed E-state index contributed by atoms with van der Waals surface area (Å²) in [6.45, 7) is 1.43. The number of thioether (sulfide) groups is 1. The van der Waals surface area contributed by atoms with Gasteiger partial charge >= 0.3 is 0 Å². The zero-order valence-corrected chi connectivity index (χ0v) is 14.4. The molecular weight excluding hydrogens is 327 g/mol. The summed E-state index contributed by atoms with van der Waals surface area (Å²) in [5.41, 5.74) is 5.75. The number of piperidine rings is 1. The Morgan fingerprint density at radius 3 is 2.86 bits per heavy atom. The molecular formula is C15H22Cl2N2OS. The quantitative estimate of drug-likeness (QED) is 0.827. The number of halogens is 2. The van der Waals surface area contributed by atoms with Crippen LogP contribution in [-0.4, -0.2) is 35.7 Å². The van der Waals surface area contributed by atoms with Crippen LogP contribution >= 0.6 is 35.8 Å². The molecule has 1 unspecified atom stereocenters. The monoisotopic (exact) mass is 348 g/mol. The molecule has 1 aliphatic heterocycles. The normalized spacial score (nSPS) is 18.2. The highest BCUT2D eigenvalue weighted by molar-refractivity contribution is 7.99. The van der Waals surface area contributed by atoms with Crippen LogP contribution in [0.1, 0.15) is 25.7 Å². The minimum absolute atomic E-state index is 0. The summed E-state index contributed by atoms with van der Waals surface area (Å²) in [6, 6.07) is 7.98. The molecule has 2 rings (SSSR count). The molecule has 6 heteroatoms. The molecule has 0 aliphatic carbocycles. The first-order valence-electron chi connectivity index (χ1n) is 7.09. The van der Waals surface area contributed by atoms with E-state index in [-0.39, 0.29) is 24.4 Å². The Labute approximate surface area is 142 Å². The average molecular weight is 349 g/mol. The lowest BCUT2D eigenvalue weighted by atomic mass is 10.0. The van der Waals surface area contributed by atoms with Crippen molar-refractivity contribution in [2.75, 3.05) is 18.8 Å². The van der Waals surface area contributed by atoms with Crippen molar-refractivity contribution in [3.05, 3.63) is 29.3 Å². The summed E-state index contributed by atoms with van der Waals surface area (Å²) in [5, 5.41) is 0.753. The smallest absolute Gasteiger partial charge is 0.223 e. The summed E-state index contributed by atoms with van der Waals surface area (Å²) in [5.74, 6) is 0.982. The summed E-state index contributed by atoms with van der Waals surface area (Å²) in [7, 11) is 0. The van der Waals surface area contributed by atoms with Crippen molar-refractivity contribution in [2.24, 2.45) is 5.73 Å². The molecule has 1 amide bonds. The van der Waals surface area contributed by atoms with Crippen LogP contribution in [0, 0.1) is 0 Å². The summed E-state index contributed by atoms with van der Waals surface area (Å²) >= 11 is 7.74. The molecule has 1 aromatic carbocycles. The van der Waals surface area contributed by atoms with Crippen molar-refractivity contribution in [3.8, 4) is 0 Å². The van der Waals surface area contributed by atoms with Gasteiger partial charge in [-0.1, -0.05) is 23.7 Å². The van der Waals surface area contributed by atoms with E-state index in [1.807, 2.05) is 29.2 Å². The molecule has 1 aromatic rings. The second-order valence-corrected chi connectivity index (χ2v) is 6.55. The topological polar surface area (TPSA) is 46.3 Å². The summed E-state index contributed by atoms with van der Waals surface area (Å²) in [6.07, 6.45) is 3.87. The highest BCUT2D eigenvalue weighted by Gasteiger charge is 2.24. The molecule has 0 radical (unpaired) electrons. The van der Waals surface area contributed by atoms with Gasteiger partial charge in [0.2, 0.25) is 5.91 Å². The van der Waals surface area contributed by atoms with Crippen molar-refractivity contribution in [1.29, 1.82) is 0 Å². The molecule has 0 saturated carbocycles. The van der Waals surface area contributed by atoms with Gasteiger partial charge < -0.3 is 10.6 Å². The van der Waals surface area contributed by atoms with Crippen molar-refractivity contribution in [1.82, 2.24) is 4.90 Å². The zero-order valence-electron chi connectivity index (χ0n) is 12.0. The highest BCUT2D eigenvalue weighted by atomic mass is 35.5. The first kappa shape index (κ1) is 18.6. The predicted molar refractivity (Wildman–Crippen MR) is 92.4 cm³/mol. The van der Waals surface area contributed by atoms with Crippen molar-refractivity contribution in [2.45, 2.75) is 36.6 Å². The van der Waals surface area contributed by atoms with E-state index in [1.54, 1.807) is 11.8 Å². The van der Waals surface area contributed by atoms with Crippen LogP contribution in [-0.2, 0) is 4.79 Å². The summed E-state index contributed by atoms with van der Waals surface area (Å²) < 4.78 is 0. The molecule has 0 aromatic heterocycles. The van der Waals surface area contributed by atoms with E-state index in [1.165, 1.54) is 6.42 Å². The van der Waals surface area contributed by atoms with Crippen LogP contribution in [0.3, 0.4) is 0 Å². The van der Waals surface area contributed by atoms with E-state index < -0.39 is 0 Å². The van der Waals surface area contributed by atoms with Gasteiger partial charge in [0.1, 0.15) is 0 Å². The predicted octanol–water partition coefficient (Wildman–Crippen LogP) is 3.58. The molecule has 1 aliphatic rings. The fourth-order valence-electron chi connectivity index (χ4n) is 2.53. The summed E-state index contributed by atoms with van der Waals surface area (Å²) in [4.78, 5) is 15.3. The number of hydrogen-bond acceptors (Lipinski definition) is 3. The molecule has 1 atom stereocenters. The number of carbonyl (C=O) groups is 1. The van der Waals surface area contributed by atoms with Gasteiger partial charge in [-0.2, -0.15) is 0 Å². The first-order chi connectivity index (χ1) is 9.72. The third-order valence-electron chi connectivity index (χ3n) is 3.63. The van der Waals surface area contributed by atoms with Crippen LogP contribution in [0.2, 0.25) is 5.02 Å². The van der Waals surface area contributed by atoms with Gasteiger partial charge in [0, 0.05) is 36.2 Å². The zero-order chi connectivity index (χ0) is 14.4. The van der Waals surface area contributed by atoms with Gasteiger partial charge in [-0.25, -0.2) is 0 Å². The van der Waals surface area contributed by atoms with Gasteiger partial charge in [-0.05, 0) is 31.4 Å². The molecule has 118 valence electrons. The minimum Gasteiger partial charge on any atom is -0.338 e. The standard InChI is InChI=1S/C15H21ClN2OS.ClH/c16-13-6-1-2-7-14(13)20-10-8-15(19)18-9-4-3-5-12(18)11-17;/h1-2,6-7,12H,3-5,8-11,17H2;1H. The van der Waals surface area contributed by atoms with Crippen LogP contribution in [0.15, 0.2) is 29.2 Å². The van der Waals surface area contributed by atoms with E-state index in [0.29, 0.717) is 13.0 Å². The number of nitrogens with two attached hydrogens (primary N) is 1. The van der Waals surface area contributed by atoms with E-state index in [9.17, 15) is 4.79 Å². The molecule has 1 saturated heterocycles. The van der Waals surface area contributed by atoms with Gasteiger partial charge in [-0.15, -0.1) is 24.2 Å². The second-order valence-electron chi connectivity index (χ2n) is 5.00. The van der Waals surface area contributed by atoms with Crippen LogP contribution < -0.4 is 5.73 Å². The molecule has 1 heterocycles. The van der Waals surface area contributed by atoms with E-state index in [2.05, 4.69) is 0 Å². The number of likely N-dealkylation sites (tertiary alicyclic amines) is 1. The first-order valence-corrected chi connectivity index (χ1v) is 8.45. The lowest BCUT2D eigenvalue weighted by molar-refractivity contribution is -0.134. The van der Waals surface area contributed by atoms with E-state index >= 15 is 0 Å². The van der Waals surface area contributed by atoms with Crippen molar-refractivity contribution in [3.63, 3.8) is 0 Å². The maximum absolute atomic E-state index is 12.3. The molecule has 2 N–H and O–H groups in total. The Morgan fingerprint density at radius 1 is 1.38 bits per heavy atom. The third-order valence-corrected chi connectivity index (χ3v) is 5.15. The van der Waals surface area contributed by atoms with Gasteiger partial charge in [-0.3, -0.25) is 4.79 Å². The molecule has 0 bridgehead atoms. The molecule has 1 fully saturated rings. The fourth-order valence-corrected chi connectivity index (χ4v) is 3.70. The lowest BCUT2D eigenvalue weighted by Crippen LogP contribution is -2.47. The van der Waals surface area contributed by atoms with Gasteiger partial charge in [0.15, 0.2) is 0 Å². The van der Waals surface area contributed by atoms with Gasteiger partial charge in [0.05, 0.1) is 5.02 Å². The van der Waals surface area contributed by atoms with Crippen molar-refractivity contribution >= 4 is 41.7 Å². The number of carbonyl (C=O) groups excluding carboxylic acids is 1.